The molecule has 4 rings (SSSR count). The van der Waals surface area contributed by atoms with E-state index in [-0.39, 0.29) is 28.3 Å². The van der Waals surface area contributed by atoms with Crippen molar-refractivity contribution in [3.63, 3.8) is 0 Å². The smallest absolute Gasteiger partial charge is 0.416 e. The molecule has 0 spiro atoms. The van der Waals surface area contributed by atoms with Gasteiger partial charge in [0.1, 0.15) is 5.75 Å². The zero-order valence-electron chi connectivity index (χ0n) is 17.0. The maximum Gasteiger partial charge on any atom is 0.416 e. The summed E-state index contributed by atoms with van der Waals surface area (Å²) in [5.41, 5.74) is 5.68. The molecule has 4 aromatic rings. The highest BCUT2D eigenvalue weighted by Crippen LogP contribution is 2.31. The fraction of sp³-hybridized carbons (Fsp3) is 0.0909. The first-order valence-electron chi connectivity index (χ1n) is 9.54. The van der Waals surface area contributed by atoms with Crippen molar-refractivity contribution < 1.29 is 27.5 Å². The van der Waals surface area contributed by atoms with Crippen LogP contribution < -0.4 is 15.8 Å². The summed E-state index contributed by atoms with van der Waals surface area (Å²) in [5.74, 6) is -1.13. The van der Waals surface area contributed by atoms with E-state index in [0.717, 1.165) is 12.1 Å². The summed E-state index contributed by atoms with van der Waals surface area (Å²) in [4.78, 5) is 34.9. The lowest BCUT2D eigenvalue weighted by molar-refractivity contribution is -0.137. The Balaban J connectivity index is 1.54. The number of aryl methyl sites for hydroxylation is 1. The third-order valence-corrected chi connectivity index (χ3v) is 4.57. The molecule has 0 unspecified atom stereocenters. The van der Waals surface area contributed by atoms with Gasteiger partial charge in [-0.2, -0.15) is 13.2 Å². The van der Waals surface area contributed by atoms with Crippen LogP contribution in [-0.2, 0) is 6.18 Å². The number of pyridine rings is 1. The second kappa shape index (κ2) is 8.26. The number of amides is 2. The van der Waals surface area contributed by atoms with Crippen molar-refractivity contribution in [2.75, 3.05) is 5.32 Å². The Kier molecular flexibility index (Phi) is 5.46. The standard InChI is InChI=1S/C22H16F3N5O3/c1-11-5-8-17(18(27-11)19(26)31)33-14-4-2-3-13(10-14)28-21(32)20-29-15-7-6-12(22(23,24)25)9-16(15)30-20/h2-10H,1H3,(H2,26,31)(H,28,32)(H,29,30). The van der Waals surface area contributed by atoms with Crippen molar-refractivity contribution in [3.8, 4) is 11.5 Å². The molecule has 2 aromatic carbocycles. The minimum atomic E-state index is -4.51. The molecule has 2 heterocycles. The van der Waals surface area contributed by atoms with Crippen LogP contribution >= 0.6 is 0 Å². The molecule has 2 aromatic heterocycles. The Morgan fingerprint density at radius 2 is 1.85 bits per heavy atom. The first-order chi connectivity index (χ1) is 15.6. The Hall–Kier alpha value is -4.41. The van der Waals surface area contributed by atoms with Crippen molar-refractivity contribution in [2.45, 2.75) is 13.1 Å². The van der Waals surface area contributed by atoms with E-state index in [1.165, 1.54) is 12.1 Å². The van der Waals surface area contributed by atoms with Crippen LogP contribution in [0.4, 0.5) is 18.9 Å². The predicted molar refractivity (Wildman–Crippen MR) is 113 cm³/mol. The summed E-state index contributed by atoms with van der Waals surface area (Å²) < 4.78 is 44.4. The van der Waals surface area contributed by atoms with Gasteiger partial charge in [-0.15, -0.1) is 0 Å². The molecule has 4 N–H and O–H groups in total. The van der Waals surface area contributed by atoms with Crippen LogP contribution in [0, 0.1) is 6.92 Å². The highest BCUT2D eigenvalue weighted by molar-refractivity contribution is 6.03. The lowest BCUT2D eigenvalue weighted by Gasteiger charge is -2.10. The fourth-order valence-corrected chi connectivity index (χ4v) is 3.05. The molecule has 33 heavy (non-hydrogen) atoms. The van der Waals surface area contributed by atoms with Crippen molar-refractivity contribution in [2.24, 2.45) is 5.73 Å². The van der Waals surface area contributed by atoms with Gasteiger partial charge in [-0.05, 0) is 49.4 Å². The molecule has 0 fully saturated rings. The summed E-state index contributed by atoms with van der Waals surface area (Å²) in [6, 6.07) is 12.4. The van der Waals surface area contributed by atoms with Gasteiger partial charge in [0.2, 0.25) is 0 Å². The Morgan fingerprint density at radius 1 is 1.06 bits per heavy atom. The molecule has 2 amide bonds. The zero-order chi connectivity index (χ0) is 23.8. The van der Waals surface area contributed by atoms with E-state index in [4.69, 9.17) is 10.5 Å². The van der Waals surface area contributed by atoms with Gasteiger partial charge in [-0.25, -0.2) is 9.97 Å². The largest absolute Gasteiger partial charge is 0.455 e. The lowest BCUT2D eigenvalue weighted by Crippen LogP contribution is -2.15. The average Bonchev–Trinajstić information content (AvgIpc) is 3.18. The SMILES string of the molecule is Cc1ccc(Oc2cccc(NC(=O)c3nc4ccc(C(F)(F)F)cc4[nH]3)c2)c(C(N)=O)n1. The quantitative estimate of drug-likeness (QED) is 0.411. The number of halogens is 3. The molecular formula is C22H16F3N5O3. The predicted octanol–water partition coefficient (Wildman–Crippen LogP) is 4.43. The van der Waals surface area contributed by atoms with E-state index in [1.54, 1.807) is 37.3 Å². The van der Waals surface area contributed by atoms with Crippen LogP contribution in [0.1, 0.15) is 32.4 Å². The number of hydrogen-bond acceptors (Lipinski definition) is 5. The topological polar surface area (TPSA) is 123 Å². The third kappa shape index (κ3) is 4.76. The van der Waals surface area contributed by atoms with Gasteiger partial charge in [-0.3, -0.25) is 9.59 Å². The first-order valence-corrected chi connectivity index (χ1v) is 9.54. The van der Waals surface area contributed by atoms with Crippen LogP contribution in [-0.4, -0.2) is 26.8 Å². The molecule has 0 atom stereocenters. The van der Waals surface area contributed by atoms with Gasteiger partial charge in [-0.1, -0.05) is 6.07 Å². The monoisotopic (exact) mass is 455 g/mol. The number of carbonyl (C=O) groups is 2. The van der Waals surface area contributed by atoms with E-state index in [2.05, 4.69) is 20.3 Å². The van der Waals surface area contributed by atoms with Crippen molar-refractivity contribution >= 4 is 28.5 Å². The number of imidazole rings is 1. The second-order valence-electron chi connectivity index (χ2n) is 7.06. The number of nitrogens with one attached hydrogen (secondary N) is 2. The maximum absolute atomic E-state index is 12.9. The number of fused-ring (bicyclic) bond motifs is 1. The Morgan fingerprint density at radius 3 is 2.58 bits per heavy atom. The summed E-state index contributed by atoms with van der Waals surface area (Å²) in [7, 11) is 0. The number of hydrogen-bond donors (Lipinski definition) is 3. The molecule has 0 aliphatic carbocycles. The number of benzene rings is 2. The first kappa shape index (κ1) is 21.8. The molecule has 0 radical (unpaired) electrons. The van der Waals surface area contributed by atoms with E-state index in [0.29, 0.717) is 17.1 Å². The van der Waals surface area contributed by atoms with E-state index in [1.807, 2.05) is 0 Å². The fourth-order valence-electron chi connectivity index (χ4n) is 3.05. The molecule has 168 valence electrons. The maximum atomic E-state index is 12.9. The number of aromatic amines is 1. The summed E-state index contributed by atoms with van der Waals surface area (Å²) >= 11 is 0. The number of alkyl halides is 3. The number of primary amides is 1. The summed E-state index contributed by atoms with van der Waals surface area (Å²) in [5, 5.41) is 2.59. The summed E-state index contributed by atoms with van der Waals surface area (Å²) in [6.07, 6.45) is -4.51. The van der Waals surface area contributed by atoms with Gasteiger partial charge >= 0.3 is 6.18 Å². The zero-order valence-corrected chi connectivity index (χ0v) is 17.0. The number of ether oxygens (including phenoxy) is 1. The number of carbonyl (C=O) groups excluding carboxylic acids is 2. The highest BCUT2D eigenvalue weighted by atomic mass is 19.4. The highest BCUT2D eigenvalue weighted by Gasteiger charge is 2.31. The molecule has 0 saturated heterocycles. The molecule has 11 heteroatoms. The lowest BCUT2D eigenvalue weighted by atomic mass is 10.2. The van der Waals surface area contributed by atoms with E-state index in [9.17, 15) is 22.8 Å². The van der Waals surface area contributed by atoms with Crippen LogP contribution in [0.3, 0.4) is 0 Å². The number of nitrogens with two attached hydrogens (primary N) is 1. The number of rotatable bonds is 5. The molecule has 0 bridgehead atoms. The van der Waals surface area contributed by atoms with Crippen LogP contribution in [0.2, 0.25) is 0 Å². The van der Waals surface area contributed by atoms with Crippen molar-refractivity contribution in [3.05, 3.63) is 77.4 Å². The van der Waals surface area contributed by atoms with E-state index < -0.39 is 23.6 Å². The average molecular weight is 455 g/mol. The van der Waals surface area contributed by atoms with Crippen LogP contribution in [0.5, 0.6) is 11.5 Å². The minimum Gasteiger partial charge on any atom is -0.455 e. The third-order valence-electron chi connectivity index (χ3n) is 4.57. The minimum absolute atomic E-state index is 0.0371. The van der Waals surface area contributed by atoms with Crippen molar-refractivity contribution in [1.29, 1.82) is 0 Å². The van der Waals surface area contributed by atoms with Crippen LogP contribution in [0.15, 0.2) is 54.6 Å². The molecule has 0 aliphatic heterocycles. The van der Waals surface area contributed by atoms with Crippen LogP contribution in [0.25, 0.3) is 11.0 Å². The van der Waals surface area contributed by atoms with Gasteiger partial charge in [0, 0.05) is 17.4 Å². The Labute approximate surface area is 184 Å². The van der Waals surface area contributed by atoms with Gasteiger partial charge in [0.05, 0.1) is 16.6 Å². The van der Waals surface area contributed by atoms with Gasteiger partial charge in [0.15, 0.2) is 17.3 Å². The van der Waals surface area contributed by atoms with Crippen molar-refractivity contribution in [1.82, 2.24) is 15.0 Å². The Bertz CT molecular complexity index is 1380. The number of H-pyrrole nitrogens is 1. The number of aromatic nitrogens is 3. The molecule has 8 nitrogen and oxygen atoms in total. The normalized spacial score (nSPS) is 11.4. The van der Waals surface area contributed by atoms with E-state index >= 15 is 0 Å². The molecule has 0 saturated carbocycles. The molecule has 0 aliphatic rings. The van der Waals surface area contributed by atoms with Gasteiger partial charge < -0.3 is 20.8 Å². The second-order valence-corrected chi connectivity index (χ2v) is 7.06. The number of anilines is 1. The van der Waals surface area contributed by atoms with Gasteiger partial charge in [0.25, 0.3) is 11.8 Å². The number of nitrogens with zero attached hydrogens (tertiary/aromatic N) is 2. The molecular weight excluding hydrogens is 439 g/mol. The summed E-state index contributed by atoms with van der Waals surface area (Å²) in [6.45, 7) is 1.70.